The minimum Gasteiger partial charge on any atom is -0.378 e. The van der Waals surface area contributed by atoms with Gasteiger partial charge in [-0.15, -0.1) is 0 Å². The molecule has 26 heavy (non-hydrogen) atoms. The predicted molar refractivity (Wildman–Crippen MR) is 105 cm³/mol. The number of nitrogens with one attached hydrogen (secondary N) is 1. The highest BCUT2D eigenvalue weighted by Gasteiger charge is 2.40. The molecule has 2 saturated carbocycles. The second kappa shape index (κ2) is 6.82. The van der Waals surface area contributed by atoms with Gasteiger partial charge in [0.1, 0.15) is 0 Å². The first-order valence-electron chi connectivity index (χ1n) is 9.78. The number of hydrogen-bond acceptors (Lipinski definition) is 5. The van der Waals surface area contributed by atoms with E-state index in [1.807, 2.05) is 12.1 Å². The number of amides is 1. The Hall–Kier alpha value is -1.66. The van der Waals surface area contributed by atoms with Crippen molar-refractivity contribution in [3.05, 3.63) is 18.2 Å². The van der Waals surface area contributed by atoms with Gasteiger partial charge in [0.25, 0.3) is 0 Å². The first-order valence-corrected chi connectivity index (χ1v) is 10.6. The van der Waals surface area contributed by atoms with E-state index in [9.17, 15) is 4.79 Å². The van der Waals surface area contributed by atoms with Crippen LogP contribution in [0, 0.1) is 17.8 Å². The lowest BCUT2D eigenvalue weighted by atomic mass is 9.86. The average Bonchev–Trinajstić information content (AvgIpc) is 3.37. The van der Waals surface area contributed by atoms with E-state index in [0.29, 0.717) is 12.3 Å². The van der Waals surface area contributed by atoms with E-state index in [0.717, 1.165) is 59.2 Å². The molecule has 1 N–H and O–H groups in total. The molecule has 0 unspecified atom stereocenters. The van der Waals surface area contributed by atoms with Crippen LogP contribution < -0.4 is 10.2 Å². The molecular weight excluding hydrogens is 346 g/mol. The zero-order valence-electron chi connectivity index (χ0n) is 14.9. The van der Waals surface area contributed by atoms with E-state index in [1.54, 1.807) is 11.3 Å². The molecule has 2 heterocycles. The maximum absolute atomic E-state index is 12.5. The van der Waals surface area contributed by atoms with Gasteiger partial charge >= 0.3 is 0 Å². The number of carbonyl (C=O) groups excluding carboxylic acids is 1. The Kier molecular flexibility index (Phi) is 4.33. The number of ether oxygens (including phenoxy) is 1. The molecule has 3 aliphatic rings. The largest absolute Gasteiger partial charge is 0.378 e. The summed E-state index contributed by atoms with van der Waals surface area (Å²) in [5, 5.41) is 4.17. The molecule has 2 aliphatic carbocycles. The fourth-order valence-electron chi connectivity index (χ4n) is 4.96. The van der Waals surface area contributed by atoms with E-state index < -0.39 is 0 Å². The van der Waals surface area contributed by atoms with E-state index >= 15 is 0 Å². The molecular formula is C20H25N3O2S. The van der Waals surface area contributed by atoms with E-state index in [1.165, 1.54) is 25.7 Å². The van der Waals surface area contributed by atoms with Gasteiger partial charge in [-0.25, -0.2) is 4.98 Å². The van der Waals surface area contributed by atoms with Crippen molar-refractivity contribution in [3.8, 4) is 0 Å². The Morgan fingerprint density at radius 1 is 1.27 bits per heavy atom. The van der Waals surface area contributed by atoms with Crippen LogP contribution >= 0.6 is 11.3 Å². The van der Waals surface area contributed by atoms with Crippen molar-refractivity contribution in [1.82, 2.24) is 4.98 Å². The standard InChI is InChI=1S/C20H25N3O2S/c24-19(11-15-10-13-1-2-14(15)9-13)21-16-3-4-17-18(12-16)26-20(22-17)23-5-7-25-8-6-23/h3-4,12-15H,1-2,5-11H2,(H,21,24)/t13-,14-,15+/m0/s1. The summed E-state index contributed by atoms with van der Waals surface area (Å²) in [6, 6.07) is 6.06. The normalized spacial score (nSPS) is 28.0. The summed E-state index contributed by atoms with van der Waals surface area (Å²) in [4.78, 5) is 19.5. The van der Waals surface area contributed by atoms with E-state index in [2.05, 4.69) is 16.3 Å². The van der Waals surface area contributed by atoms with Gasteiger partial charge in [-0.1, -0.05) is 17.8 Å². The molecule has 2 aromatic rings. The van der Waals surface area contributed by atoms with Crippen LogP contribution in [0.3, 0.4) is 0 Å². The zero-order chi connectivity index (χ0) is 17.5. The van der Waals surface area contributed by atoms with Gasteiger partial charge < -0.3 is 15.0 Å². The first-order chi connectivity index (χ1) is 12.7. The van der Waals surface area contributed by atoms with Gasteiger partial charge in [0, 0.05) is 25.2 Å². The van der Waals surface area contributed by atoms with Crippen LogP contribution in [0.2, 0.25) is 0 Å². The highest BCUT2D eigenvalue weighted by molar-refractivity contribution is 7.22. The second-order valence-electron chi connectivity index (χ2n) is 7.97. The highest BCUT2D eigenvalue weighted by Crippen LogP contribution is 2.49. The van der Waals surface area contributed by atoms with Crippen molar-refractivity contribution in [3.63, 3.8) is 0 Å². The number of fused-ring (bicyclic) bond motifs is 3. The lowest BCUT2D eigenvalue weighted by molar-refractivity contribution is -0.117. The number of morpholine rings is 1. The second-order valence-corrected chi connectivity index (χ2v) is 8.97. The molecule has 3 fully saturated rings. The Morgan fingerprint density at radius 3 is 2.92 bits per heavy atom. The molecule has 0 spiro atoms. The molecule has 1 aliphatic heterocycles. The van der Waals surface area contributed by atoms with Gasteiger partial charge in [-0.3, -0.25) is 4.79 Å². The Balaban J connectivity index is 1.26. The molecule has 6 heteroatoms. The Bertz CT molecular complexity index is 814. The lowest BCUT2D eigenvalue weighted by Gasteiger charge is -2.25. The average molecular weight is 372 g/mol. The van der Waals surface area contributed by atoms with Crippen LogP contribution in [-0.2, 0) is 9.53 Å². The van der Waals surface area contributed by atoms with Gasteiger partial charge in [-0.2, -0.15) is 0 Å². The number of carbonyl (C=O) groups is 1. The van der Waals surface area contributed by atoms with E-state index in [4.69, 9.17) is 9.72 Å². The van der Waals surface area contributed by atoms with Crippen LogP contribution in [0.4, 0.5) is 10.8 Å². The van der Waals surface area contributed by atoms with Crippen molar-refractivity contribution in [1.29, 1.82) is 0 Å². The topological polar surface area (TPSA) is 54.5 Å². The van der Waals surface area contributed by atoms with E-state index in [-0.39, 0.29) is 5.91 Å². The smallest absolute Gasteiger partial charge is 0.224 e. The Morgan fingerprint density at radius 2 is 2.15 bits per heavy atom. The SMILES string of the molecule is O=C(C[C@H]1C[C@H]2CC[C@H]1C2)Nc1ccc2nc(N3CCOCC3)sc2c1. The third kappa shape index (κ3) is 3.21. The van der Waals surface area contributed by atoms with Gasteiger partial charge in [0.05, 0.1) is 23.4 Å². The molecule has 5 rings (SSSR count). The fraction of sp³-hybridized carbons (Fsp3) is 0.600. The van der Waals surface area contributed by atoms with Crippen LogP contribution in [0.15, 0.2) is 18.2 Å². The summed E-state index contributed by atoms with van der Waals surface area (Å²) < 4.78 is 6.55. The summed E-state index contributed by atoms with van der Waals surface area (Å²) >= 11 is 1.70. The molecule has 3 atom stereocenters. The van der Waals surface area contributed by atoms with Crippen molar-refractivity contribution >= 4 is 38.3 Å². The molecule has 1 amide bonds. The van der Waals surface area contributed by atoms with Crippen LogP contribution in [-0.4, -0.2) is 37.2 Å². The number of aromatic nitrogens is 1. The molecule has 1 aromatic heterocycles. The zero-order valence-corrected chi connectivity index (χ0v) is 15.8. The Labute approximate surface area is 157 Å². The number of benzene rings is 1. The molecule has 1 aromatic carbocycles. The number of thiazole rings is 1. The molecule has 5 nitrogen and oxygen atoms in total. The highest BCUT2D eigenvalue weighted by atomic mass is 32.1. The molecule has 138 valence electrons. The molecule has 1 saturated heterocycles. The summed E-state index contributed by atoms with van der Waals surface area (Å²) in [7, 11) is 0. The van der Waals surface area contributed by atoms with Crippen molar-refractivity contribution in [2.75, 3.05) is 36.5 Å². The van der Waals surface area contributed by atoms with Crippen LogP contribution in [0.5, 0.6) is 0 Å². The maximum atomic E-state index is 12.5. The van der Waals surface area contributed by atoms with Crippen molar-refractivity contribution in [2.24, 2.45) is 17.8 Å². The maximum Gasteiger partial charge on any atom is 0.224 e. The third-order valence-corrected chi connectivity index (χ3v) is 7.35. The van der Waals surface area contributed by atoms with Gasteiger partial charge in [0.15, 0.2) is 5.13 Å². The number of nitrogens with zero attached hydrogens (tertiary/aromatic N) is 2. The summed E-state index contributed by atoms with van der Waals surface area (Å²) in [6.07, 6.45) is 6.01. The number of rotatable bonds is 4. The predicted octanol–water partition coefficient (Wildman–Crippen LogP) is 3.90. The van der Waals surface area contributed by atoms with Gasteiger partial charge in [0.2, 0.25) is 5.91 Å². The lowest BCUT2D eigenvalue weighted by Crippen LogP contribution is -2.36. The fourth-order valence-corrected chi connectivity index (χ4v) is 6.01. The third-order valence-electron chi connectivity index (χ3n) is 6.27. The summed E-state index contributed by atoms with van der Waals surface area (Å²) in [5.41, 5.74) is 1.89. The number of anilines is 2. The van der Waals surface area contributed by atoms with Crippen LogP contribution in [0.25, 0.3) is 10.2 Å². The van der Waals surface area contributed by atoms with Gasteiger partial charge in [-0.05, 0) is 55.2 Å². The minimum absolute atomic E-state index is 0.166. The summed E-state index contributed by atoms with van der Waals surface area (Å²) in [5.74, 6) is 2.46. The quantitative estimate of drug-likeness (QED) is 0.886. The first kappa shape index (κ1) is 16.5. The van der Waals surface area contributed by atoms with Crippen LogP contribution in [0.1, 0.15) is 32.1 Å². The summed E-state index contributed by atoms with van der Waals surface area (Å²) in [6.45, 7) is 3.32. The monoisotopic (exact) mass is 371 g/mol. The minimum atomic E-state index is 0.166. The molecule has 0 radical (unpaired) electrons. The molecule has 2 bridgehead atoms. The number of hydrogen-bond donors (Lipinski definition) is 1. The van der Waals surface area contributed by atoms with Crippen molar-refractivity contribution in [2.45, 2.75) is 32.1 Å². The van der Waals surface area contributed by atoms with Crippen molar-refractivity contribution < 1.29 is 9.53 Å².